The molecule has 0 fully saturated rings. The van der Waals surface area contributed by atoms with E-state index >= 15 is 0 Å². The molecule has 0 spiro atoms. The van der Waals surface area contributed by atoms with E-state index in [-0.39, 0.29) is 6.03 Å². The number of hydrogen-bond donors (Lipinski definition) is 3. The average molecular weight is 404 g/mol. The first-order chi connectivity index (χ1) is 14.2. The Morgan fingerprint density at radius 2 is 1.69 bits per heavy atom. The number of rotatable bonds is 5. The molecule has 0 bridgehead atoms. The molecule has 0 aliphatic rings. The van der Waals surface area contributed by atoms with Crippen molar-refractivity contribution in [3.8, 4) is 0 Å². The molecule has 1 heterocycles. The molecular weight excluding hydrogens is 386 g/mol. The minimum Gasteiger partial charge on any atom is -0.363 e. The number of benzene rings is 3. The molecular formula is C22H18ClN5O. The largest absolute Gasteiger partial charge is 0.363 e. The van der Waals surface area contributed by atoms with Crippen LogP contribution in [0.15, 0.2) is 79.1 Å². The van der Waals surface area contributed by atoms with E-state index in [4.69, 9.17) is 11.6 Å². The Kier molecular flexibility index (Phi) is 5.54. The molecule has 0 aliphatic carbocycles. The van der Waals surface area contributed by atoms with Crippen LogP contribution in [-0.4, -0.2) is 16.0 Å². The topological polar surface area (TPSA) is 78.9 Å². The van der Waals surface area contributed by atoms with Gasteiger partial charge in [-0.3, -0.25) is 0 Å². The first kappa shape index (κ1) is 18.7. The van der Waals surface area contributed by atoms with Gasteiger partial charge in [0.05, 0.1) is 5.69 Å². The Labute approximate surface area is 173 Å². The summed E-state index contributed by atoms with van der Waals surface area (Å²) in [5.74, 6) is 0.515. The Morgan fingerprint density at radius 1 is 0.897 bits per heavy atom. The van der Waals surface area contributed by atoms with Crippen LogP contribution in [0.25, 0.3) is 10.8 Å². The highest BCUT2D eigenvalue weighted by Crippen LogP contribution is 2.23. The molecule has 1 aromatic heterocycles. The molecule has 0 saturated carbocycles. The van der Waals surface area contributed by atoms with E-state index < -0.39 is 0 Å². The molecule has 144 valence electrons. The third kappa shape index (κ3) is 4.62. The van der Waals surface area contributed by atoms with Crippen molar-refractivity contribution < 1.29 is 4.79 Å². The van der Waals surface area contributed by atoms with Crippen LogP contribution in [0.3, 0.4) is 0 Å². The predicted octanol–water partition coefficient (Wildman–Crippen LogP) is 5.54. The summed E-state index contributed by atoms with van der Waals surface area (Å²) in [5, 5.41) is 11.3. The number of halogens is 1. The second-order valence-corrected chi connectivity index (χ2v) is 6.71. The van der Waals surface area contributed by atoms with Crippen molar-refractivity contribution in [2.75, 3.05) is 16.0 Å². The molecule has 2 amide bonds. The van der Waals surface area contributed by atoms with Crippen LogP contribution in [0.1, 0.15) is 5.56 Å². The lowest BCUT2D eigenvalue weighted by atomic mass is 10.1. The van der Waals surface area contributed by atoms with E-state index in [9.17, 15) is 4.79 Å². The number of fused-ring (bicyclic) bond motifs is 1. The van der Waals surface area contributed by atoms with Crippen LogP contribution in [0, 0.1) is 0 Å². The second kappa shape index (κ2) is 8.58. The van der Waals surface area contributed by atoms with Crippen LogP contribution >= 0.6 is 11.6 Å². The lowest BCUT2D eigenvalue weighted by molar-refractivity contribution is 0.262. The van der Waals surface area contributed by atoms with Crippen LogP contribution in [0.5, 0.6) is 0 Å². The summed E-state index contributed by atoms with van der Waals surface area (Å²) in [5.41, 5.74) is 2.41. The highest BCUT2D eigenvalue weighted by Gasteiger charge is 2.07. The van der Waals surface area contributed by atoms with Crippen molar-refractivity contribution in [2.45, 2.75) is 6.54 Å². The minimum absolute atomic E-state index is 0.302. The standard InChI is InChI=1S/C22H18ClN5O/c23-20-21(25-12-11-24-20)26-14-15-5-3-8-17(13-15)27-22(29)28-19-10-4-7-16-6-1-2-9-18(16)19/h1-13H,14H2,(H,25,26)(H2,27,28,29). The lowest BCUT2D eigenvalue weighted by Gasteiger charge is -2.11. The fourth-order valence-electron chi connectivity index (χ4n) is 3.00. The van der Waals surface area contributed by atoms with Crippen LogP contribution < -0.4 is 16.0 Å². The first-order valence-electron chi connectivity index (χ1n) is 9.04. The van der Waals surface area contributed by atoms with Gasteiger partial charge in [-0.15, -0.1) is 0 Å². The summed E-state index contributed by atoms with van der Waals surface area (Å²) >= 11 is 6.01. The van der Waals surface area contributed by atoms with E-state index in [2.05, 4.69) is 25.9 Å². The quantitative estimate of drug-likeness (QED) is 0.408. The molecule has 6 nitrogen and oxygen atoms in total. The molecule has 3 aromatic carbocycles. The molecule has 3 N–H and O–H groups in total. The monoisotopic (exact) mass is 403 g/mol. The maximum atomic E-state index is 12.5. The summed E-state index contributed by atoms with van der Waals surface area (Å²) in [7, 11) is 0. The van der Waals surface area contributed by atoms with Crippen molar-refractivity contribution in [1.29, 1.82) is 0 Å². The highest BCUT2D eigenvalue weighted by atomic mass is 35.5. The van der Waals surface area contributed by atoms with Gasteiger partial charge in [0.15, 0.2) is 11.0 Å². The maximum absolute atomic E-state index is 12.5. The third-order valence-electron chi connectivity index (χ3n) is 4.34. The zero-order valence-corrected chi connectivity index (χ0v) is 16.1. The third-order valence-corrected chi connectivity index (χ3v) is 4.61. The zero-order chi connectivity index (χ0) is 20.1. The number of nitrogens with one attached hydrogen (secondary N) is 3. The molecule has 7 heteroatoms. The molecule has 0 radical (unpaired) electrons. The number of carbonyl (C=O) groups excluding carboxylic acids is 1. The number of carbonyl (C=O) groups is 1. The number of amides is 2. The molecule has 0 saturated heterocycles. The summed E-state index contributed by atoms with van der Waals surface area (Å²) in [6.07, 6.45) is 3.11. The highest BCUT2D eigenvalue weighted by molar-refractivity contribution is 6.31. The molecule has 29 heavy (non-hydrogen) atoms. The van der Waals surface area contributed by atoms with Crippen molar-refractivity contribution in [1.82, 2.24) is 9.97 Å². The summed E-state index contributed by atoms with van der Waals surface area (Å²) < 4.78 is 0. The molecule has 0 aliphatic heterocycles. The second-order valence-electron chi connectivity index (χ2n) is 6.36. The fraction of sp³-hybridized carbons (Fsp3) is 0.0455. The lowest BCUT2D eigenvalue weighted by Crippen LogP contribution is -2.19. The maximum Gasteiger partial charge on any atom is 0.323 e. The van der Waals surface area contributed by atoms with Crippen LogP contribution in [-0.2, 0) is 6.54 Å². The van der Waals surface area contributed by atoms with Gasteiger partial charge in [-0.1, -0.05) is 60.1 Å². The van der Waals surface area contributed by atoms with E-state index in [0.717, 1.165) is 22.0 Å². The molecule has 0 unspecified atom stereocenters. The van der Waals surface area contributed by atoms with Crippen molar-refractivity contribution in [2.24, 2.45) is 0 Å². The number of aromatic nitrogens is 2. The Bertz CT molecular complexity index is 1160. The summed E-state index contributed by atoms with van der Waals surface area (Å²) in [4.78, 5) is 20.6. The van der Waals surface area contributed by atoms with Crippen LogP contribution in [0.2, 0.25) is 5.15 Å². The Balaban J connectivity index is 1.42. The van der Waals surface area contributed by atoms with E-state index in [0.29, 0.717) is 23.2 Å². The van der Waals surface area contributed by atoms with Gasteiger partial charge in [0, 0.05) is 30.0 Å². The van der Waals surface area contributed by atoms with Gasteiger partial charge >= 0.3 is 6.03 Å². The predicted molar refractivity (Wildman–Crippen MR) is 117 cm³/mol. The van der Waals surface area contributed by atoms with Gasteiger partial charge in [0.1, 0.15) is 0 Å². The number of nitrogens with zero attached hydrogens (tertiary/aromatic N) is 2. The molecule has 4 aromatic rings. The summed E-state index contributed by atoms with van der Waals surface area (Å²) in [6.45, 7) is 0.499. The normalized spacial score (nSPS) is 10.5. The van der Waals surface area contributed by atoms with Gasteiger partial charge in [0.25, 0.3) is 0 Å². The fourth-order valence-corrected chi connectivity index (χ4v) is 3.18. The van der Waals surface area contributed by atoms with Gasteiger partial charge in [-0.2, -0.15) is 0 Å². The Morgan fingerprint density at radius 3 is 2.59 bits per heavy atom. The Hall–Kier alpha value is -3.64. The smallest absolute Gasteiger partial charge is 0.323 e. The van der Waals surface area contributed by atoms with E-state index in [1.807, 2.05) is 66.7 Å². The molecule has 0 atom stereocenters. The van der Waals surface area contributed by atoms with Gasteiger partial charge in [-0.05, 0) is 29.1 Å². The summed E-state index contributed by atoms with van der Waals surface area (Å²) in [6, 6.07) is 21.0. The van der Waals surface area contributed by atoms with Gasteiger partial charge < -0.3 is 16.0 Å². The zero-order valence-electron chi connectivity index (χ0n) is 15.4. The van der Waals surface area contributed by atoms with E-state index in [1.165, 1.54) is 6.20 Å². The van der Waals surface area contributed by atoms with Crippen molar-refractivity contribution in [3.63, 3.8) is 0 Å². The number of urea groups is 1. The van der Waals surface area contributed by atoms with Crippen molar-refractivity contribution in [3.05, 3.63) is 89.8 Å². The molecule has 4 rings (SSSR count). The SMILES string of the molecule is O=C(Nc1cccc(CNc2nccnc2Cl)c1)Nc1cccc2ccccc12. The first-order valence-corrected chi connectivity index (χ1v) is 9.42. The van der Waals surface area contributed by atoms with Crippen LogP contribution in [0.4, 0.5) is 22.0 Å². The average Bonchev–Trinajstić information content (AvgIpc) is 2.74. The van der Waals surface area contributed by atoms with Gasteiger partial charge in [0.2, 0.25) is 0 Å². The van der Waals surface area contributed by atoms with Gasteiger partial charge in [-0.25, -0.2) is 14.8 Å². The number of hydrogen-bond acceptors (Lipinski definition) is 4. The van der Waals surface area contributed by atoms with Crippen molar-refractivity contribution >= 4 is 45.6 Å². The minimum atomic E-state index is -0.302. The number of anilines is 3. The van der Waals surface area contributed by atoms with E-state index in [1.54, 1.807) is 6.20 Å².